The Morgan fingerprint density at radius 1 is 0.963 bits per heavy atom. The van der Waals surface area contributed by atoms with Crippen LogP contribution in [0, 0.1) is 6.92 Å². The van der Waals surface area contributed by atoms with Crippen molar-refractivity contribution in [2.75, 3.05) is 17.7 Å². The van der Waals surface area contributed by atoms with E-state index in [0.717, 1.165) is 22.6 Å². The molecule has 2 N–H and O–H groups in total. The van der Waals surface area contributed by atoms with E-state index in [2.05, 4.69) is 15.6 Å². The van der Waals surface area contributed by atoms with Gasteiger partial charge in [-0.05, 0) is 42.3 Å². The molecular weight excluding hydrogens is 338 g/mol. The van der Waals surface area contributed by atoms with Crippen LogP contribution in [0.25, 0.3) is 0 Å². The maximum atomic E-state index is 12.1. The van der Waals surface area contributed by atoms with Gasteiger partial charge in [-0.1, -0.05) is 42.0 Å². The lowest BCUT2D eigenvalue weighted by Gasteiger charge is -2.09. The monoisotopic (exact) mass is 361 g/mol. The molecule has 2 aromatic carbocycles. The highest BCUT2D eigenvalue weighted by Crippen LogP contribution is 2.14. The Bertz CT molecular complexity index is 873. The van der Waals surface area contributed by atoms with Crippen molar-refractivity contribution in [3.63, 3.8) is 0 Å². The average molecular weight is 361 g/mol. The van der Waals surface area contributed by atoms with E-state index in [4.69, 9.17) is 4.74 Å². The van der Waals surface area contributed by atoms with Crippen LogP contribution in [0.1, 0.15) is 16.7 Å². The average Bonchev–Trinajstić information content (AvgIpc) is 2.69. The maximum absolute atomic E-state index is 12.1. The van der Waals surface area contributed by atoms with Gasteiger partial charge in [0.25, 0.3) is 0 Å². The lowest BCUT2D eigenvalue weighted by atomic mass is 10.1. The van der Waals surface area contributed by atoms with Gasteiger partial charge in [-0.3, -0.25) is 4.79 Å². The molecule has 5 heteroatoms. The number of rotatable bonds is 7. The summed E-state index contributed by atoms with van der Waals surface area (Å²) in [4.78, 5) is 16.4. The van der Waals surface area contributed by atoms with Gasteiger partial charge in [0.05, 0.1) is 25.4 Å². The van der Waals surface area contributed by atoms with E-state index in [-0.39, 0.29) is 5.91 Å². The molecular formula is C22H23N3O2. The van der Waals surface area contributed by atoms with Gasteiger partial charge in [0.2, 0.25) is 5.91 Å². The summed E-state index contributed by atoms with van der Waals surface area (Å²) < 4.78 is 5.15. The summed E-state index contributed by atoms with van der Waals surface area (Å²) in [6.07, 6.45) is 2.05. The van der Waals surface area contributed by atoms with Crippen molar-refractivity contribution < 1.29 is 9.53 Å². The molecule has 0 fully saturated rings. The Labute approximate surface area is 159 Å². The second-order valence-corrected chi connectivity index (χ2v) is 6.34. The number of aromatic nitrogens is 1. The number of ether oxygens (including phenoxy) is 1. The maximum Gasteiger partial charge on any atom is 0.229 e. The standard InChI is InChI=1S/C22H23N3O2/c1-16-3-5-17(6-4-16)13-22(26)25-21-12-9-19(15-24-21)23-14-18-7-10-20(27-2)11-8-18/h3-12,15,23H,13-14H2,1-2H3,(H,24,25,26). The second-order valence-electron chi connectivity index (χ2n) is 6.34. The predicted octanol–water partition coefficient (Wildman–Crippen LogP) is 4.19. The highest BCUT2D eigenvalue weighted by atomic mass is 16.5. The number of benzene rings is 2. The molecule has 27 heavy (non-hydrogen) atoms. The van der Waals surface area contributed by atoms with Crippen molar-refractivity contribution in [2.45, 2.75) is 19.9 Å². The number of aryl methyl sites for hydroxylation is 1. The van der Waals surface area contributed by atoms with E-state index in [9.17, 15) is 4.79 Å². The molecule has 138 valence electrons. The summed E-state index contributed by atoms with van der Waals surface area (Å²) in [7, 11) is 1.65. The van der Waals surface area contributed by atoms with Gasteiger partial charge >= 0.3 is 0 Å². The molecule has 0 bridgehead atoms. The first kappa shape index (κ1) is 18.5. The van der Waals surface area contributed by atoms with Gasteiger partial charge in [-0.25, -0.2) is 4.98 Å². The van der Waals surface area contributed by atoms with Crippen molar-refractivity contribution >= 4 is 17.4 Å². The minimum atomic E-state index is -0.0784. The molecule has 0 radical (unpaired) electrons. The van der Waals surface area contributed by atoms with Crippen molar-refractivity contribution in [1.82, 2.24) is 4.98 Å². The van der Waals surface area contributed by atoms with Gasteiger partial charge < -0.3 is 15.4 Å². The number of anilines is 2. The zero-order chi connectivity index (χ0) is 19.1. The molecule has 0 spiro atoms. The van der Waals surface area contributed by atoms with Gasteiger partial charge in [0.15, 0.2) is 0 Å². The third-order valence-corrected chi connectivity index (χ3v) is 4.17. The first-order valence-corrected chi connectivity index (χ1v) is 8.80. The van der Waals surface area contributed by atoms with Crippen LogP contribution in [0.5, 0.6) is 5.75 Å². The molecule has 3 rings (SSSR count). The lowest BCUT2D eigenvalue weighted by Crippen LogP contribution is -2.15. The van der Waals surface area contributed by atoms with Crippen LogP contribution in [-0.2, 0) is 17.8 Å². The number of hydrogen-bond donors (Lipinski definition) is 2. The first-order valence-electron chi connectivity index (χ1n) is 8.80. The van der Waals surface area contributed by atoms with Crippen LogP contribution in [0.3, 0.4) is 0 Å². The SMILES string of the molecule is COc1ccc(CNc2ccc(NC(=O)Cc3ccc(C)cc3)nc2)cc1. The van der Waals surface area contributed by atoms with Crippen LogP contribution in [0.2, 0.25) is 0 Å². The van der Waals surface area contributed by atoms with Gasteiger partial charge in [0.1, 0.15) is 11.6 Å². The molecule has 0 atom stereocenters. The molecule has 1 amide bonds. The Morgan fingerprint density at radius 3 is 2.30 bits per heavy atom. The van der Waals surface area contributed by atoms with Gasteiger partial charge in [-0.2, -0.15) is 0 Å². The number of methoxy groups -OCH3 is 1. The topological polar surface area (TPSA) is 63.2 Å². The zero-order valence-corrected chi connectivity index (χ0v) is 15.5. The van der Waals surface area contributed by atoms with E-state index in [1.807, 2.05) is 61.5 Å². The van der Waals surface area contributed by atoms with E-state index >= 15 is 0 Å². The number of pyridine rings is 1. The van der Waals surface area contributed by atoms with E-state index in [0.29, 0.717) is 18.8 Å². The normalized spacial score (nSPS) is 10.3. The van der Waals surface area contributed by atoms with Crippen molar-refractivity contribution in [2.24, 2.45) is 0 Å². The number of carbonyl (C=O) groups excluding carboxylic acids is 1. The fourth-order valence-electron chi connectivity index (χ4n) is 2.60. The molecule has 5 nitrogen and oxygen atoms in total. The van der Waals surface area contributed by atoms with Crippen LogP contribution >= 0.6 is 0 Å². The zero-order valence-electron chi connectivity index (χ0n) is 15.5. The third-order valence-electron chi connectivity index (χ3n) is 4.17. The number of nitrogens with one attached hydrogen (secondary N) is 2. The lowest BCUT2D eigenvalue weighted by molar-refractivity contribution is -0.115. The van der Waals surface area contributed by atoms with Crippen molar-refractivity contribution in [3.05, 3.63) is 83.6 Å². The summed E-state index contributed by atoms with van der Waals surface area (Å²) in [6, 6.07) is 19.5. The Kier molecular flexibility index (Phi) is 6.05. The number of amides is 1. The number of nitrogens with zero attached hydrogens (tertiary/aromatic N) is 1. The molecule has 1 aromatic heterocycles. The summed E-state index contributed by atoms with van der Waals surface area (Å²) in [5.41, 5.74) is 4.20. The van der Waals surface area contributed by atoms with Crippen LogP contribution in [-0.4, -0.2) is 18.0 Å². The Balaban J connectivity index is 1.50. The summed E-state index contributed by atoms with van der Waals surface area (Å²) in [5.74, 6) is 1.30. The molecule has 0 saturated carbocycles. The van der Waals surface area contributed by atoms with E-state index in [1.54, 1.807) is 19.4 Å². The third kappa shape index (κ3) is 5.57. The van der Waals surface area contributed by atoms with Crippen LogP contribution in [0.4, 0.5) is 11.5 Å². The molecule has 1 heterocycles. The first-order chi connectivity index (χ1) is 13.1. The highest BCUT2D eigenvalue weighted by molar-refractivity contribution is 5.91. The number of carbonyl (C=O) groups is 1. The Hall–Kier alpha value is -3.34. The molecule has 0 aliphatic carbocycles. The highest BCUT2D eigenvalue weighted by Gasteiger charge is 2.05. The molecule has 3 aromatic rings. The molecule has 0 saturated heterocycles. The van der Waals surface area contributed by atoms with Crippen molar-refractivity contribution in [3.8, 4) is 5.75 Å². The van der Waals surface area contributed by atoms with Gasteiger partial charge in [-0.15, -0.1) is 0 Å². The molecule has 0 unspecified atom stereocenters. The van der Waals surface area contributed by atoms with E-state index < -0.39 is 0 Å². The summed E-state index contributed by atoms with van der Waals surface area (Å²) in [5, 5.41) is 6.14. The number of hydrogen-bond acceptors (Lipinski definition) is 4. The minimum absolute atomic E-state index is 0.0784. The largest absolute Gasteiger partial charge is 0.497 e. The molecule has 0 aliphatic rings. The van der Waals surface area contributed by atoms with Crippen LogP contribution < -0.4 is 15.4 Å². The van der Waals surface area contributed by atoms with Crippen molar-refractivity contribution in [1.29, 1.82) is 0 Å². The fourth-order valence-corrected chi connectivity index (χ4v) is 2.60. The minimum Gasteiger partial charge on any atom is -0.497 e. The summed E-state index contributed by atoms with van der Waals surface area (Å²) >= 11 is 0. The molecule has 0 aliphatic heterocycles. The quantitative estimate of drug-likeness (QED) is 0.662. The van der Waals surface area contributed by atoms with Crippen LogP contribution in [0.15, 0.2) is 66.9 Å². The predicted molar refractivity (Wildman–Crippen MR) is 108 cm³/mol. The smallest absolute Gasteiger partial charge is 0.229 e. The van der Waals surface area contributed by atoms with Gasteiger partial charge in [0, 0.05) is 6.54 Å². The fraction of sp³-hybridized carbons (Fsp3) is 0.182. The summed E-state index contributed by atoms with van der Waals surface area (Å²) in [6.45, 7) is 2.71. The van der Waals surface area contributed by atoms with E-state index in [1.165, 1.54) is 5.56 Å². The Morgan fingerprint density at radius 2 is 1.67 bits per heavy atom. The second kappa shape index (κ2) is 8.85.